The van der Waals surface area contributed by atoms with Crippen LogP contribution < -0.4 is 30.7 Å². The first-order valence-corrected chi connectivity index (χ1v) is 12.1. The number of para-hydroxylation sites is 2. The minimum atomic E-state index is -0.713. The quantitative estimate of drug-likeness (QED) is 0.228. The van der Waals surface area contributed by atoms with Gasteiger partial charge in [0.25, 0.3) is 11.8 Å². The van der Waals surface area contributed by atoms with E-state index in [2.05, 4.69) is 44.9 Å². The van der Waals surface area contributed by atoms with Gasteiger partial charge in [0.05, 0.1) is 24.3 Å². The molecule has 0 saturated heterocycles. The number of hydrogen-bond acceptors (Lipinski definition) is 8. The predicted molar refractivity (Wildman–Crippen MR) is 145 cm³/mol. The first-order chi connectivity index (χ1) is 19.5. The number of nitrogens with one attached hydrogen (secondary N) is 4. The van der Waals surface area contributed by atoms with Crippen molar-refractivity contribution < 1.29 is 38.1 Å². The van der Waals surface area contributed by atoms with Gasteiger partial charge in [-0.25, -0.2) is 9.59 Å². The van der Waals surface area contributed by atoms with Gasteiger partial charge in [-0.1, -0.05) is 36.1 Å². The van der Waals surface area contributed by atoms with Crippen molar-refractivity contribution in [1.82, 2.24) is 21.3 Å². The molecule has 0 bridgehead atoms. The lowest BCUT2D eigenvalue weighted by atomic mass is 10.2. The van der Waals surface area contributed by atoms with E-state index in [0.717, 1.165) is 0 Å². The summed E-state index contributed by atoms with van der Waals surface area (Å²) < 4.78 is 20.9. The van der Waals surface area contributed by atoms with Crippen LogP contribution in [0.1, 0.15) is 20.7 Å². The number of carbonyl (C=O) groups excluding carboxylic acids is 4. The third-order valence-corrected chi connectivity index (χ3v) is 4.74. The Labute approximate surface area is 232 Å². The van der Waals surface area contributed by atoms with Crippen molar-refractivity contribution in [2.45, 2.75) is 0 Å². The molecule has 0 saturated carbocycles. The number of amides is 4. The fourth-order valence-corrected chi connectivity index (χ4v) is 2.89. The second-order valence-electron chi connectivity index (χ2n) is 7.49. The van der Waals surface area contributed by atoms with Crippen molar-refractivity contribution in [3.63, 3.8) is 0 Å². The minimum absolute atomic E-state index is 0.112. The number of rotatable bonds is 12. The van der Waals surface area contributed by atoms with Crippen LogP contribution in [0.5, 0.6) is 11.5 Å². The van der Waals surface area contributed by atoms with Crippen LogP contribution in [0.15, 0.2) is 48.5 Å². The molecule has 0 aromatic heterocycles. The first-order valence-electron chi connectivity index (χ1n) is 12.1. The van der Waals surface area contributed by atoms with Crippen LogP contribution in [-0.2, 0) is 9.47 Å². The average Bonchev–Trinajstić information content (AvgIpc) is 2.97. The van der Waals surface area contributed by atoms with Gasteiger partial charge in [-0.3, -0.25) is 9.59 Å². The van der Waals surface area contributed by atoms with Crippen molar-refractivity contribution in [2.24, 2.45) is 0 Å². The highest BCUT2D eigenvalue weighted by atomic mass is 16.6. The molecule has 4 amide bonds. The Morgan fingerprint density at radius 3 is 1.45 bits per heavy atom. The van der Waals surface area contributed by atoms with Crippen LogP contribution >= 0.6 is 0 Å². The summed E-state index contributed by atoms with van der Waals surface area (Å²) in [6, 6.07) is 12.8. The zero-order valence-corrected chi connectivity index (χ0v) is 22.1. The number of ether oxygens (including phenoxy) is 4. The summed E-state index contributed by atoms with van der Waals surface area (Å²) in [4.78, 5) is 47.4. The molecule has 210 valence electrons. The zero-order chi connectivity index (χ0) is 29.0. The summed E-state index contributed by atoms with van der Waals surface area (Å²) in [5.74, 6) is 10.2. The Bertz CT molecular complexity index is 1190. The minimum Gasteiger partial charge on any atom is -0.409 e. The Kier molecular flexibility index (Phi) is 14.2. The topological polar surface area (TPSA) is 153 Å². The molecule has 0 fully saturated rings. The van der Waals surface area contributed by atoms with Gasteiger partial charge in [0, 0.05) is 27.2 Å². The molecule has 12 heteroatoms. The summed E-state index contributed by atoms with van der Waals surface area (Å²) in [6.07, 6.45) is -1.43. The fourth-order valence-electron chi connectivity index (χ4n) is 2.89. The molecule has 0 radical (unpaired) electrons. The molecule has 0 heterocycles. The monoisotopic (exact) mass is 550 g/mol. The van der Waals surface area contributed by atoms with Gasteiger partial charge in [0.1, 0.15) is 24.7 Å². The van der Waals surface area contributed by atoms with Crippen LogP contribution in [0.25, 0.3) is 0 Å². The zero-order valence-electron chi connectivity index (χ0n) is 22.1. The smallest absolute Gasteiger partial charge is 0.409 e. The van der Waals surface area contributed by atoms with E-state index in [1.807, 2.05) is 0 Å². The van der Waals surface area contributed by atoms with Gasteiger partial charge in [-0.15, -0.1) is 0 Å². The van der Waals surface area contributed by atoms with Crippen LogP contribution in [0.4, 0.5) is 9.59 Å². The lowest BCUT2D eigenvalue weighted by molar-refractivity contribution is 0.0951. The van der Waals surface area contributed by atoms with Crippen molar-refractivity contribution >= 4 is 24.0 Å². The summed E-state index contributed by atoms with van der Waals surface area (Å²) in [5, 5.41) is 9.99. The van der Waals surface area contributed by atoms with Crippen molar-refractivity contribution in [3.8, 4) is 35.2 Å². The molecule has 2 rings (SSSR count). The van der Waals surface area contributed by atoms with Gasteiger partial charge < -0.3 is 40.2 Å². The summed E-state index contributed by atoms with van der Waals surface area (Å²) in [5.41, 5.74) is 0.494. The van der Waals surface area contributed by atoms with E-state index >= 15 is 0 Å². The summed E-state index contributed by atoms with van der Waals surface area (Å²) in [6.45, 7) is 0.991. The molecule has 2 aromatic rings. The highest BCUT2D eigenvalue weighted by Crippen LogP contribution is 2.18. The lowest BCUT2D eigenvalue weighted by Crippen LogP contribution is -2.31. The number of carbonyl (C=O) groups is 4. The maximum Gasteiger partial charge on any atom is 0.412 e. The molecule has 0 aliphatic heterocycles. The molecule has 4 N–H and O–H groups in total. The Morgan fingerprint density at radius 1 is 0.650 bits per heavy atom. The van der Waals surface area contributed by atoms with E-state index in [0.29, 0.717) is 0 Å². The second kappa shape index (κ2) is 18.3. The van der Waals surface area contributed by atoms with Crippen molar-refractivity contribution in [3.05, 3.63) is 59.7 Å². The molecule has 0 aliphatic rings. The molecular formula is C28H30N4O8. The standard InChI is InChI=1S/C28H30N4O8/c1-29-25(33)21-11-5-7-13-23(21)39-27(35)31-15-19-37-17-9-3-4-10-18-38-20-16-32-28(36)40-24-14-8-6-12-22(24)26(34)30-2/h5-8,11-14H,15-20H2,1-2H3,(H,29,33)(H,30,34)(H,31,35)(H,32,36). The molecular weight excluding hydrogens is 520 g/mol. The lowest BCUT2D eigenvalue weighted by Gasteiger charge is -2.09. The molecule has 0 unspecified atom stereocenters. The van der Waals surface area contributed by atoms with E-state index in [1.54, 1.807) is 36.4 Å². The average molecular weight is 551 g/mol. The van der Waals surface area contributed by atoms with Crippen LogP contribution in [-0.4, -0.2) is 77.6 Å². The van der Waals surface area contributed by atoms with Crippen molar-refractivity contribution in [2.75, 3.05) is 53.6 Å². The van der Waals surface area contributed by atoms with E-state index in [1.165, 1.54) is 26.2 Å². The van der Waals surface area contributed by atoms with Crippen LogP contribution in [0.2, 0.25) is 0 Å². The largest absolute Gasteiger partial charge is 0.412 e. The molecule has 0 atom stereocenters. The maximum absolute atomic E-state index is 11.9. The Morgan fingerprint density at radius 2 is 1.05 bits per heavy atom. The molecule has 2 aromatic carbocycles. The summed E-state index contributed by atoms with van der Waals surface area (Å²) in [7, 11) is 2.97. The third kappa shape index (κ3) is 11.6. The SMILES string of the molecule is CNC(=O)c1ccccc1OC(=O)NCCOCC#CC#CCOCCNC(=O)Oc1ccccc1C(=O)NC. The van der Waals surface area contributed by atoms with Gasteiger partial charge >= 0.3 is 12.2 Å². The molecule has 12 nitrogen and oxygen atoms in total. The Hall–Kier alpha value is -5.04. The highest BCUT2D eigenvalue weighted by molar-refractivity contribution is 5.98. The predicted octanol–water partition coefficient (Wildman–Crippen LogP) is 1.32. The number of benzene rings is 2. The van der Waals surface area contributed by atoms with Crippen LogP contribution in [0.3, 0.4) is 0 Å². The van der Waals surface area contributed by atoms with E-state index < -0.39 is 12.2 Å². The van der Waals surface area contributed by atoms with Gasteiger partial charge in [0.2, 0.25) is 0 Å². The van der Waals surface area contributed by atoms with E-state index in [4.69, 9.17) is 18.9 Å². The second-order valence-corrected chi connectivity index (χ2v) is 7.49. The van der Waals surface area contributed by atoms with Gasteiger partial charge in [0.15, 0.2) is 0 Å². The maximum atomic E-state index is 11.9. The van der Waals surface area contributed by atoms with Gasteiger partial charge in [-0.05, 0) is 36.1 Å². The molecule has 40 heavy (non-hydrogen) atoms. The highest BCUT2D eigenvalue weighted by Gasteiger charge is 2.14. The molecule has 0 aliphatic carbocycles. The third-order valence-electron chi connectivity index (χ3n) is 4.74. The van der Waals surface area contributed by atoms with E-state index in [9.17, 15) is 19.2 Å². The fraction of sp³-hybridized carbons (Fsp3) is 0.286. The van der Waals surface area contributed by atoms with Crippen LogP contribution in [0, 0.1) is 23.7 Å². The Balaban J connectivity index is 1.52. The first kappa shape index (κ1) is 31.2. The molecule has 0 spiro atoms. The van der Waals surface area contributed by atoms with Crippen molar-refractivity contribution in [1.29, 1.82) is 0 Å². The van der Waals surface area contributed by atoms with E-state index in [-0.39, 0.29) is 74.0 Å². The normalized spacial score (nSPS) is 9.55. The number of hydrogen-bond donors (Lipinski definition) is 4. The van der Waals surface area contributed by atoms with Gasteiger partial charge in [-0.2, -0.15) is 0 Å². The summed E-state index contributed by atoms with van der Waals surface area (Å²) >= 11 is 0.